The Morgan fingerprint density at radius 2 is 1.60 bits per heavy atom. The molecule has 1 heterocycles. The van der Waals surface area contributed by atoms with Crippen molar-refractivity contribution in [3.8, 4) is 11.5 Å². The van der Waals surface area contributed by atoms with Crippen molar-refractivity contribution in [2.24, 2.45) is 0 Å². The average molecular weight is 422 g/mol. The van der Waals surface area contributed by atoms with Crippen LogP contribution in [0.4, 0.5) is 18.9 Å². The van der Waals surface area contributed by atoms with Crippen LogP contribution in [0.1, 0.15) is 29.8 Å². The van der Waals surface area contributed by atoms with Gasteiger partial charge in [-0.2, -0.15) is 13.2 Å². The average Bonchev–Trinajstić information content (AvgIpc) is 2.74. The number of nitrogens with zero attached hydrogens (tertiary/aromatic N) is 2. The number of alkyl halides is 3. The molecule has 1 fully saturated rings. The van der Waals surface area contributed by atoms with Gasteiger partial charge in [-0.1, -0.05) is 6.07 Å². The largest absolute Gasteiger partial charge is 0.490 e. The summed E-state index contributed by atoms with van der Waals surface area (Å²) in [6, 6.07) is 10.4. The van der Waals surface area contributed by atoms with Crippen molar-refractivity contribution in [2.45, 2.75) is 20.0 Å². The van der Waals surface area contributed by atoms with Gasteiger partial charge in [-0.25, -0.2) is 0 Å². The second-order valence-electron chi connectivity index (χ2n) is 6.85. The van der Waals surface area contributed by atoms with E-state index in [9.17, 15) is 18.0 Å². The zero-order valence-corrected chi connectivity index (χ0v) is 17.0. The number of hydrogen-bond acceptors (Lipinski definition) is 4. The van der Waals surface area contributed by atoms with Crippen molar-refractivity contribution >= 4 is 11.6 Å². The molecule has 0 atom stereocenters. The third-order valence-electron chi connectivity index (χ3n) is 4.90. The minimum atomic E-state index is -4.38. The molecule has 1 amide bonds. The number of hydrogen-bond donors (Lipinski definition) is 0. The lowest BCUT2D eigenvalue weighted by Gasteiger charge is -2.36. The number of halogens is 3. The predicted octanol–water partition coefficient (Wildman–Crippen LogP) is 4.47. The Balaban J connectivity index is 1.68. The van der Waals surface area contributed by atoms with E-state index >= 15 is 0 Å². The second kappa shape index (κ2) is 9.28. The molecule has 0 unspecified atom stereocenters. The van der Waals surface area contributed by atoms with Gasteiger partial charge in [0.1, 0.15) is 0 Å². The number of carbonyl (C=O) groups is 1. The molecule has 1 saturated heterocycles. The Bertz CT molecular complexity index is 878. The van der Waals surface area contributed by atoms with E-state index in [1.807, 2.05) is 18.7 Å². The topological polar surface area (TPSA) is 42.0 Å². The fraction of sp³-hybridized carbons (Fsp3) is 0.409. The Hall–Kier alpha value is -2.90. The van der Waals surface area contributed by atoms with Crippen molar-refractivity contribution < 1.29 is 27.4 Å². The lowest BCUT2D eigenvalue weighted by Crippen LogP contribution is -2.48. The van der Waals surface area contributed by atoms with Gasteiger partial charge in [0.2, 0.25) is 0 Å². The summed E-state index contributed by atoms with van der Waals surface area (Å²) < 4.78 is 50.0. The van der Waals surface area contributed by atoms with Gasteiger partial charge in [0.15, 0.2) is 11.5 Å². The van der Waals surface area contributed by atoms with Crippen molar-refractivity contribution in [3.63, 3.8) is 0 Å². The summed E-state index contributed by atoms with van der Waals surface area (Å²) in [6.45, 7) is 6.44. The van der Waals surface area contributed by atoms with E-state index in [4.69, 9.17) is 9.47 Å². The number of anilines is 1. The van der Waals surface area contributed by atoms with Gasteiger partial charge >= 0.3 is 6.18 Å². The fourth-order valence-corrected chi connectivity index (χ4v) is 3.41. The van der Waals surface area contributed by atoms with E-state index in [0.717, 1.165) is 12.1 Å². The molecule has 162 valence electrons. The highest BCUT2D eigenvalue weighted by Gasteiger charge is 2.31. The highest BCUT2D eigenvalue weighted by atomic mass is 19.4. The smallest absolute Gasteiger partial charge is 0.416 e. The van der Waals surface area contributed by atoms with E-state index in [0.29, 0.717) is 62.1 Å². The minimum Gasteiger partial charge on any atom is -0.490 e. The van der Waals surface area contributed by atoms with Crippen LogP contribution >= 0.6 is 0 Å². The summed E-state index contributed by atoms with van der Waals surface area (Å²) in [5, 5.41) is 0. The standard InChI is InChI=1S/C22H25F3N2O3/c1-3-29-19-9-8-16(14-20(19)30-4-2)21(28)27-12-10-26(11-13-27)18-7-5-6-17(15-18)22(23,24)25/h5-9,14-15H,3-4,10-13H2,1-2H3. The molecule has 0 spiro atoms. The van der Waals surface area contributed by atoms with Gasteiger partial charge in [0, 0.05) is 37.4 Å². The predicted molar refractivity (Wildman–Crippen MR) is 108 cm³/mol. The maximum atomic E-state index is 13.0. The Morgan fingerprint density at radius 1 is 0.933 bits per heavy atom. The molecule has 0 radical (unpaired) electrons. The molecule has 2 aromatic rings. The van der Waals surface area contributed by atoms with Crippen molar-refractivity contribution in [2.75, 3.05) is 44.3 Å². The van der Waals surface area contributed by atoms with Gasteiger partial charge < -0.3 is 19.3 Å². The monoisotopic (exact) mass is 422 g/mol. The third-order valence-corrected chi connectivity index (χ3v) is 4.90. The number of carbonyl (C=O) groups excluding carboxylic acids is 1. The van der Waals surface area contributed by atoms with Crippen molar-refractivity contribution in [1.82, 2.24) is 4.90 Å². The van der Waals surface area contributed by atoms with Gasteiger partial charge in [-0.05, 0) is 50.2 Å². The van der Waals surface area contributed by atoms with Gasteiger partial charge in [-0.15, -0.1) is 0 Å². The molecule has 1 aliphatic rings. The van der Waals surface area contributed by atoms with Gasteiger partial charge in [0.25, 0.3) is 5.91 Å². The van der Waals surface area contributed by atoms with Crippen LogP contribution in [-0.2, 0) is 6.18 Å². The lowest BCUT2D eigenvalue weighted by atomic mass is 10.1. The first-order valence-corrected chi connectivity index (χ1v) is 9.94. The highest BCUT2D eigenvalue weighted by molar-refractivity contribution is 5.95. The Labute approximate surface area is 174 Å². The van der Waals surface area contributed by atoms with Crippen LogP contribution in [0, 0.1) is 0 Å². The number of piperazine rings is 1. The molecule has 8 heteroatoms. The van der Waals surface area contributed by atoms with Crippen LogP contribution in [0.3, 0.4) is 0 Å². The lowest BCUT2D eigenvalue weighted by molar-refractivity contribution is -0.137. The molecule has 5 nitrogen and oxygen atoms in total. The molecule has 0 bridgehead atoms. The highest BCUT2D eigenvalue weighted by Crippen LogP contribution is 2.32. The van der Waals surface area contributed by atoms with Crippen molar-refractivity contribution in [3.05, 3.63) is 53.6 Å². The maximum Gasteiger partial charge on any atom is 0.416 e. The molecule has 0 N–H and O–H groups in total. The quantitative estimate of drug-likeness (QED) is 0.689. The van der Waals surface area contributed by atoms with Crippen LogP contribution in [0.15, 0.2) is 42.5 Å². The number of ether oxygens (including phenoxy) is 2. The maximum absolute atomic E-state index is 13.0. The van der Waals surface area contributed by atoms with Crippen LogP contribution in [-0.4, -0.2) is 50.2 Å². The SMILES string of the molecule is CCOc1ccc(C(=O)N2CCN(c3cccc(C(F)(F)F)c3)CC2)cc1OCC. The summed E-state index contributed by atoms with van der Waals surface area (Å²) in [6.07, 6.45) is -4.38. The van der Waals surface area contributed by atoms with Gasteiger partial charge in [-0.3, -0.25) is 4.79 Å². The molecular weight excluding hydrogens is 397 g/mol. The minimum absolute atomic E-state index is 0.136. The summed E-state index contributed by atoms with van der Waals surface area (Å²) in [5.74, 6) is 0.973. The number of benzene rings is 2. The number of amides is 1. The summed E-state index contributed by atoms with van der Waals surface area (Å²) >= 11 is 0. The normalized spacial score (nSPS) is 14.6. The first kappa shape index (κ1) is 21.8. The first-order valence-electron chi connectivity index (χ1n) is 9.94. The van der Waals surface area contributed by atoms with E-state index in [-0.39, 0.29) is 5.91 Å². The van der Waals surface area contributed by atoms with Crippen molar-refractivity contribution in [1.29, 1.82) is 0 Å². The zero-order chi connectivity index (χ0) is 21.7. The van der Waals surface area contributed by atoms with Crippen LogP contribution < -0.4 is 14.4 Å². The summed E-state index contributed by atoms with van der Waals surface area (Å²) in [5.41, 5.74) is 0.336. The molecule has 2 aromatic carbocycles. The molecule has 30 heavy (non-hydrogen) atoms. The van der Waals surface area contributed by atoms with E-state index in [2.05, 4.69) is 0 Å². The van der Waals surface area contributed by atoms with Crippen LogP contribution in [0.5, 0.6) is 11.5 Å². The van der Waals surface area contributed by atoms with E-state index < -0.39 is 11.7 Å². The summed E-state index contributed by atoms with van der Waals surface area (Å²) in [7, 11) is 0. The Kier molecular flexibility index (Phi) is 6.74. The number of rotatable bonds is 6. The van der Waals surface area contributed by atoms with Crippen LogP contribution in [0.2, 0.25) is 0 Å². The Morgan fingerprint density at radius 3 is 2.23 bits per heavy atom. The molecule has 1 aliphatic heterocycles. The fourth-order valence-electron chi connectivity index (χ4n) is 3.41. The van der Waals surface area contributed by atoms with Crippen LogP contribution in [0.25, 0.3) is 0 Å². The van der Waals surface area contributed by atoms with E-state index in [1.165, 1.54) is 6.07 Å². The second-order valence-corrected chi connectivity index (χ2v) is 6.85. The molecule has 0 aliphatic carbocycles. The first-order chi connectivity index (χ1) is 14.3. The molecule has 3 rings (SSSR count). The molecule has 0 aromatic heterocycles. The molecular formula is C22H25F3N2O3. The van der Waals surface area contributed by atoms with E-state index in [1.54, 1.807) is 29.2 Å². The zero-order valence-electron chi connectivity index (χ0n) is 17.0. The summed E-state index contributed by atoms with van der Waals surface area (Å²) in [4.78, 5) is 16.5. The van der Waals surface area contributed by atoms with Gasteiger partial charge in [0.05, 0.1) is 18.8 Å². The third kappa shape index (κ3) is 4.98. The molecule has 0 saturated carbocycles.